The molecular formula is C6H11NO7. The zero-order valence-electron chi connectivity index (χ0n) is 7.02. The zero-order valence-corrected chi connectivity index (χ0v) is 7.02. The van der Waals surface area contributed by atoms with Crippen LogP contribution in [0.4, 0.5) is 0 Å². The van der Waals surface area contributed by atoms with Gasteiger partial charge in [0, 0.05) is 4.92 Å². The molecule has 5 atom stereocenters. The summed E-state index contributed by atoms with van der Waals surface area (Å²) in [6, 6.07) is -2.00. The van der Waals surface area contributed by atoms with Gasteiger partial charge in [-0.15, -0.1) is 0 Å². The van der Waals surface area contributed by atoms with Crippen LogP contribution in [0.5, 0.6) is 0 Å². The van der Waals surface area contributed by atoms with Gasteiger partial charge in [0.25, 0.3) is 6.04 Å². The number of hydrogen-bond acceptors (Lipinski definition) is 7. The van der Waals surface area contributed by atoms with Crippen molar-refractivity contribution in [2.45, 2.75) is 30.0 Å². The quantitative estimate of drug-likeness (QED) is 0.234. The lowest BCUT2D eigenvalue weighted by atomic mass is 9.97. The van der Waals surface area contributed by atoms with Crippen molar-refractivity contribution in [3.05, 3.63) is 10.1 Å². The predicted octanol–water partition coefficient (Wildman–Crippen LogP) is -3.55. The molecule has 1 aliphatic rings. The summed E-state index contributed by atoms with van der Waals surface area (Å²) in [6.07, 6.45) is -5.70. The molecule has 0 aromatic carbocycles. The van der Waals surface area contributed by atoms with Gasteiger partial charge >= 0.3 is 0 Å². The van der Waals surface area contributed by atoms with E-state index in [1.165, 1.54) is 0 Å². The van der Waals surface area contributed by atoms with Crippen LogP contribution >= 0.6 is 0 Å². The topological polar surface area (TPSA) is 144 Å². The van der Waals surface area contributed by atoms with E-state index in [2.05, 4.69) is 0 Å². The highest BCUT2D eigenvalue weighted by Crippen LogP contribution is 2.32. The van der Waals surface area contributed by atoms with Gasteiger partial charge in [-0.1, -0.05) is 0 Å². The molecule has 82 valence electrons. The Morgan fingerprint density at radius 3 is 2.07 bits per heavy atom. The van der Waals surface area contributed by atoms with Crippen LogP contribution < -0.4 is 0 Å². The predicted molar refractivity (Wildman–Crippen MR) is 40.8 cm³/mol. The molecule has 0 amide bonds. The third kappa shape index (κ3) is 1.28. The molecule has 0 spiro atoms. The highest BCUT2D eigenvalue weighted by Gasteiger charge is 2.65. The second-order valence-corrected chi connectivity index (χ2v) is 3.31. The number of rotatable bonds is 2. The lowest BCUT2D eigenvalue weighted by molar-refractivity contribution is -0.553. The Bertz CT molecular complexity index is 246. The lowest BCUT2D eigenvalue weighted by Crippen LogP contribution is -2.55. The summed E-state index contributed by atoms with van der Waals surface area (Å²) in [7, 11) is 0. The van der Waals surface area contributed by atoms with E-state index < -0.39 is 41.5 Å². The number of aliphatic hydroxyl groups excluding tert-OH is 4. The van der Waals surface area contributed by atoms with Crippen LogP contribution in [0.1, 0.15) is 0 Å². The van der Waals surface area contributed by atoms with E-state index in [1.807, 2.05) is 0 Å². The first kappa shape index (κ1) is 11.3. The first-order valence-corrected chi connectivity index (χ1v) is 3.87. The Hall–Kier alpha value is -0.800. The fraction of sp³-hybridized carbons (Fsp3) is 1.00. The van der Waals surface area contributed by atoms with Crippen LogP contribution in [0.25, 0.3) is 0 Å². The molecule has 0 bridgehead atoms. The minimum atomic E-state index is -2.51. The normalized spacial score (nSPS) is 48.1. The fourth-order valence-corrected chi connectivity index (χ4v) is 1.63. The lowest BCUT2D eigenvalue weighted by Gasteiger charge is -2.25. The van der Waals surface area contributed by atoms with Crippen molar-refractivity contribution in [2.24, 2.45) is 0 Å². The monoisotopic (exact) mass is 209 g/mol. The maximum atomic E-state index is 10.4. The Kier molecular flexibility index (Phi) is 2.74. The standard InChI is InChI=1S/C6H11NO7/c8-1-6(12)4(7(13)14)2(9)3(10)5(6)11/h2-5,8-12H,1H2. The van der Waals surface area contributed by atoms with Gasteiger partial charge in [0.1, 0.15) is 12.2 Å². The summed E-state index contributed by atoms with van der Waals surface area (Å²) >= 11 is 0. The molecule has 0 aliphatic heterocycles. The molecule has 0 heterocycles. The number of hydrogen-bond donors (Lipinski definition) is 5. The van der Waals surface area contributed by atoms with Crippen molar-refractivity contribution in [2.75, 3.05) is 6.61 Å². The highest BCUT2D eigenvalue weighted by atomic mass is 16.6. The van der Waals surface area contributed by atoms with Gasteiger partial charge in [0.05, 0.1) is 6.61 Å². The summed E-state index contributed by atoms with van der Waals surface area (Å²) in [5.74, 6) is 0. The second kappa shape index (κ2) is 3.41. The molecule has 8 heteroatoms. The largest absolute Gasteiger partial charge is 0.393 e. The molecule has 1 fully saturated rings. The van der Waals surface area contributed by atoms with Crippen molar-refractivity contribution in [3.8, 4) is 0 Å². The van der Waals surface area contributed by atoms with Crippen LogP contribution in [0.2, 0.25) is 0 Å². The molecule has 14 heavy (non-hydrogen) atoms. The summed E-state index contributed by atoms with van der Waals surface area (Å²) in [5.41, 5.74) is -2.51. The Labute approximate surface area is 78.2 Å². The minimum absolute atomic E-state index is 1.04. The van der Waals surface area contributed by atoms with Crippen molar-refractivity contribution in [3.63, 3.8) is 0 Å². The van der Waals surface area contributed by atoms with Gasteiger partial charge in [-0.25, -0.2) is 0 Å². The van der Waals surface area contributed by atoms with Crippen molar-refractivity contribution in [1.29, 1.82) is 0 Å². The van der Waals surface area contributed by atoms with Crippen LogP contribution in [-0.2, 0) is 0 Å². The van der Waals surface area contributed by atoms with Crippen LogP contribution in [0, 0.1) is 10.1 Å². The second-order valence-electron chi connectivity index (χ2n) is 3.31. The van der Waals surface area contributed by atoms with E-state index in [0.29, 0.717) is 0 Å². The van der Waals surface area contributed by atoms with Crippen molar-refractivity contribution < 1.29 is 30.5 Å². The maximum absolute atomic E-state index is 10.4. The molecule has 8 nitrogen and oxygen atoms in total. The fourth-order valence-electron chi connectivity index (χ4n) is 1.63. The van der Waals surface area contributed by atoms with E-state index in [0.717, 1.165) is 0 Å². The highest BCUT2D eigenvalue weighted by molar-refractivity contribution is 5.09. The summed E-state index contributed by atoms with van der Waals surface area (Å²) < 4.78 is 0. The van der Waals surface area contributed by atoms with Gasteiger partial charge in [-0.05, 0) is 0 Å². The molecule has 1 aliphatic carbocycles. The molecule has 0 aromatic rings. The first-order valence-electron chi connectivity index (χ1n) is 3.87. The molecule has 0 aromatic heterocycles. The summed E-state index contributed by atoms with van der Waals surface area (Å²) in [5, 5.41) is 56.0. The van der Waals surface area contributed by atoms with E-state index in [1.54, 1.807) is 0 Å². The minimum Gasteiger partial charge on any atom is -0.393 e. The summed E-state index contributed by atoms with van der Waals surface area (Å²) in [6.45, 7) is -1.12. The van der Waals surface area contributed by atoms with E-state index in [9.17, 15) is 20.3 Å². The average Bonchev–Trinajstić information content (AvgIpc) is 2.29. The molecule has 5 N–H and O–H groups in total. The van der Waals surface area contributed by atoms with Crippen LogP contribution in [0.3, 0.4) is 0 Å². The van der Waals surface area contributed by atoms with E-state index in [-0.39, 0.29) is 0 Å². The van der Waals surface area contributed by atoms with Gasteiger partial charge in [-0.2, -0.15) is 0 Å². The average molecular weight is 209 g/mol. The van der Waals surface area contributed by atoms with Gasteiger partial charge < -0.3 is 25.5 Å². The molecule has 5 unspecified atom stereocenters. The van der Waals surface area contributed by atoms with Crippen molar-refractivity contribution >= 4 is 0 Å². The van der Waals surface area contributed by atoms with E-state index >= 15 is 0 Å². The molecule has 1 rings (SSSR count). The molecule has 1 saturated carbocycles. The van der Waals surface area contributed by atoms with Crippen LogP contribution in [0.15, 0.2) is 0 Å². The number of nitro groups is 1. The Balaban J connectivity index is 3.07. The Morgan fingerprint density at radius 1 is 1.29 bits per heavy atom. The van der Waals surface area contributed by atoms with Gasteiger partial charge in [0.15, 0.2) is 11.7 Å². The third-order valence-corrected chi connectivity index (χ3v) is 2.50. The SMILES string of the molecule is O=[N+]([O-])C1C(O)C(O)C(O)C1(O)CO. The Morgan fingerprint density at radius 2 is 1.79 bits per heavy atom. The molecule has 0 radical (unpaired) electrons. The van der Waals surface area contributed by atoms with Crippen molar-refractivity contribution in [1.82, 2.24) is 0 Å². The smallest absolute Gasteiger partial charge is 0.274 e. The number of aliphatic hydroxyl groups is 5. The van der Waals surface area contributed by atoms with Gasteiger partial charge in [-0.3, -0.25) is 10.1 Å². The summed E-state index contributed by atoms with van der Waals surface area (Å²) in [4.78, 5) is 9.39. The van der Waals surface area contributed by atoms with Crippen LogP contribution in [-0.4, -0.2) is 67.0 Å². The first-order chi connectivity index (χ1) is 6.36. The van der Waals surface area contributed by atoms with E-state index in [4.69, 9.17) is 15.3 Å². The third-order valence-electron chi connectivity index (χ3n) is 2.50. The van der Waals surface area contributed by atoms with Gasteiger partial charge in [0.2, 0.25) is 0 Å². The maximum Gasteiger partial charge on any atom is 0.274 e. The zero-order chi connectivity index (χ0) is 11.1. The molecular weight excluding hydrogens is 198 g/mol. The molecule has 0 saturated heterocycles. The number of nitrogens with zero attached hydrogens (tertiary/aromatic N) is 1.